The minimum Gasteiger partial charge on any atom is -0.480 e. The first-order chi connectivity index (χ1) is 10.9. The third-order valence-electron chi connectivity index (χ3n) is 3.27. The van der Waals surface area contributed by atoms with Gasteiger partial charge in [0.25, 0.3) is 0 Å². The minimum absolute atomic E-state index is 0.252. The van der Waals surface area contributed by atoms with Crippen LogP contribution in [-0.4, -0.2) is 26.3 Å². The van der Waals surface area contributed by atoms with Gasteiger partial charge in [-0.2, -0.15) is 0 Å². The lowest BCUT2D eigenvalue weighted by Gasteiger charge is -2.11. The van der Waals surface area contributed by atoms with E-state index in [1.54, 1.807) is 25.1 Å². The fourth-order valence-electron chi connectivity index (χ4n) is 1.73. The van der Waals surface area contributed by atoms with E-state index in [-0.39, 0.29) is 5.82 Å². The van der Waals surface area contributed by atoms with E-state index in [0.717, 1.165) is 11.3 Å². The summed E-state index contributed by atoms with van der Waals surface area (Å²) in [5.74, 6) is -0.711. The molecule has 0 fully saturated rings. The maximum Gasteiger partial charge on any atom is 0.316 e. The fraction of sp³-hybridized carbons (Fsp3) is 0.312. The smallest absolute Gasteiger partial charge is 0.316 e. The topological polar surface area (TPSA) is 63.1 Å². The zero-order valence-corrected chi connectivity index (χ0v) is 14.7. The van der Waals surface area contributed by atoms with Crippen LogP contribution in [0.5, 0.6) is 0 Å². The summed E-state index contributed by atoms with van der Waals surface area (Å²) in [6.07, 6.45) is 0. The number of hydrogen-bond acceptors (Lipinski definition) is 5. The summed E-state index contributed by atoms with van der Waals surface area (Å²) in [5, 5.41) is 9.63. The molecule has 0 radical (unpaired) electrons. The van der Waals surface area contributed by atoms with Gasteiger partial charge >= 0.3 is 5.97 Å². The SMILES string of the molecule is Cc1nc(SCc2ccccc2F)nc(SC(C)C(=O)O)c1C. The molecule has 0 aliphatic heterocycles. The number of carbonyl (C=O) groups is 1. The molecule has 2 aromatic rings. The third kappa shape index (κ3) is 4.68. The molecule has 1 aromatic carbocycles. The second kappa shape index (κ2) is 7.79. The Balaban J connectivity index is 2.18. The van der Waals surface area contributed by atoms with Gasteiger partial charge < -0.3 is 5.11 Å². The van der Waals surface area contributed by atoms with Gasteiger partial charge in [-0.1, -0.05) is 41.7 Å². The van der Waals surface area contributed by atoms with Gasteiger partial charge in [-0.25, -0.2) is 14.4 Å². The summed E-state index contributed by atoms with van der Waals surface area (Å²) >= 11 is 2.53. The maximum atomic E-state index is 13.7. The summed E-state index contributed by atoms with van der Waals surface area (Å²) in [6.45, 7) is 5.35. The van der Waals surface area contributed by atoms with Crippen LogP contribution in [0.25, 0.3) is 0 Å². The van der Waals surface area contributed by atoms with E-state index in [4.69, 9.17) is 5.11 Å². The molecular weight excluding hydrogens is 335 g/mol. The van der Waals surface area contributed by atoms with Crippen molar-refractivity contribution in [3.05, 3.63) is 46.9 Å². The number of nitrogens with zero attached hydrogens (tertiary/aromatic N) is 2. The van der Waals surface area contributed by atoms with Crippen molar-refractivity contribution >= 4 is 29.5 Å². The number of rotatable bonds is 6. The molecule has 1 aromatic heterocycles. The van der Waals surface area contributed by atoms with Crippen LogP contribution in [0.1, 0.15) is 23.7 Å². The molecule has 1 unspecified atom stereocenters. The van der Waals surface area contributed by atoms with Crippen LogP contribution in [-0.2, 0) is 10.5 Å². The van der Waals surface area contributed by atoms with E-state index in [2.05, 4.69) is 9.97 Å². The molecule has 2 rings (SSSR count). The molecule has 0 saturated heterocycles. The van der Waals surface area contributed by atoms with Gasteiger partial charge in [-0.3, -0.25) is 4.79 Å². The lowest BCUT2D eigenvalue weighted by molar-refractivity contribution is -0.136. The van der Waals surface area contributed by atoms with Crippen molar-refractivity contribution in [2.75, 3.05) is 0 Å². The largest absolute Gasteiger partial charge is 0.480 e. The summed E-state index contributed by atoms with van der Waals surface area (Å²) in [5.41, 5.74) is 2.27. The van der Waals surface area contributed by atoms with E-state index >= 15 is 0 Å². The molecule has 0 amide bonds. The van der Waals surface area contributed by atoms with Gasteiger partial charge in [-0.05, 0) is 32.4 Å². The first-order valence-corrected chi connectivity index (χ1v) is 8.86. The second-order valence-electron chi connectivity index (χ2n) is 5.00. The highest BCUT2D eigenvalue weighted by molar-refractivity contribution is 8.00. The summed E-state index contributed by atoms with van der Waals surface area (Å²) in [7, 11) is 0. The predicted octanol–water partition coefficient (Wildman–Crippen LogP) is 4.09. The number of hydrogen-bond donors (Lipinski definition) is 1. The average molecular weight is 352 g/mol. The highest BCUT2D eigenvalue weighted by atomic mass is 32.2. The zero-order valence-electron chi connectivity index (χ0n) is 13.0. The first kappa shape index (κ1) is 17.7. The van der Waals surface area contributed by atoms with Crippen LogP contribution in [0.4, 0.5) is 4.39 Å². The Morgan fingerprint density at radius 1 is 1.30 bits per heavy atom. The Bertz CT molecular complexity index is 725. The predicted molar refractivity (Wildman–Crippen MR) is 90.4 cm³/mol. The Labute approximate surface area is 142 Å². The number of aryl methyl sites for hydroxylation is 1. The van der Waals surface area contributed by atoms with E-state index < -0.39 is 11.2 Å². The standard InChI is InChI=1S/C16H17FN2O2S2/c1-9-10(2)18-16(19-14(9)23-11(3)15(20)21)22-8-12-6-4-5-7-13(12)17/h4-7,11H,8H2,1-3H3,(H,20,21). The molecule has 0 spiro atoms. The molecule has 0 saturated carbocycles. The molecule has 0 aliphatic carbocycles. The fourth-order valence-corrected chi connectivity index (χ4v) is 3.57. The Morgan fingerprint density at radius 3 is 2.65 bits per heavy atom. The quantitative estimate of drug-likeness (QED) is 0.480. The number of carboxylic acids is 1. The second-order valence-corrected chi connectivity index (χ2v) is 7.27. The third-order valence-corrected chi connectivity index (χ3v) is 5.35. The van der Waals surface area contributed by atoms with Gasteiger partial charge in [0.1, 0.15) is 16.1 Å². The van der Waals surface area contributed by atoms with Crippen LogP contribution < -0.4 is 0 Å². The lowest BCUT2D eigenvalue weighted by Crippen LogP contribution is -2.12. The number of benzene rings is 1. The van der Waals surface area contributed by atoms with Crippen molar-refractivity contribution in [1.82, 2.24) is 9.97 Å². The molecular formula is C16H17FN2O2S2. The van der Waals surface area contributed by atoms with Crippen molar-refractivity contribution < 1.29 is 14.3 Å². The average Bonchev–Trinajstić information content (AvgIpc) is 2.51. The first-order valence-electron chi connectivity index (χ1n) is 6.99. The van der Waals surface area contributed by atoms with Gasteiger partial charge in [-0.15, -0.1) is 0 Å². The molecule has 122 valence electrons. The number of halogens is 1. The van der Waals surface area contributed by atoms with Gasteiger partial charge in [0.05, 0.1) is 0 Å². The number of carboxylic acid groups (broad SMARTS) is 1. The number of aromatic nitrogens is 2. The normalized spacial score (nSPS) is 12.2. The molecule has 0 aliphatic rings. The Morgan fingerprint density at radius 2 is 2.00 bits per heavy atom. The summed E-state index contributed by atoms with van der Waals surface area (Å²) < 4.78 is 13.7. The van der Waals surface area contributed by atoms with E-state index in [1.165, 1.54) is 29.6 Å². The monoisotopic (exact) mass is 352 g/mol. The highest BCUT2D eigenvalue weighted by Crippen LogP contribution is 2.29. The van der Waals surface area contributed by atoms with E-state index in [9.17, 15) is 9.18 Å². The minimum atomic E-state index is -0.883. The molecule has 4 nitrogen and oxygen atoms in total. The zero-order chi connectivity index (χ0) is 17.0. The Kier molecular flexibility index (Phi) is 6.01. The van der Waals surface area contributed by atoms with Crippen molar-refractivity contribution in [2.24, 2.45) is 0 Å². The van der Waals surface area contributed by atoms with Crippen molar-refractivity contribution in [3.8, 4) is 0 Å². The molecule has 7 heteroatoms. The highest BCUT2D eigenvalue weighted by Gasteiger charge is 2.17. The number of thioether (sulfide) groups is 2. The van der Waals surface area contributed by atoms with Gasteiger partial charge in [0, 0.05) is 17.0 Å². The lowest BCUT2D eigenvalue weighted by atomic mass is 10.2. The molecule has 23 heavy (non-hydrogen) atoms. The number of aliphatic carboxylic acids is 1. The Hall–Kier alpha value is -1.60. The van der Waals surface area contributed by atoms with Crippen LogP contribution in [0.3, 0.4) is 0 Å². The maximum absolute atomic E-state index is 13.7. The van der Waals surface area contributed by atoms with E-state index in [1.807, 2.05) is 13.8 Å². The summed E-state index contributed by atoms with van der Waals surface area (Å²) in [4.78, 5) is 19.9. The van der Waals surface area contributed by atoms with Gasteiger partial charge in [0.15, 0.2) is 5.16 Å². The van der Waals surface area contributed by atoms with Gasteiger partial charge in [0.2, 0.25) is 0 Å². The molecule has 1 heterocycles. The summed E-state index contributed by atoms with van der Waals surface area (Å²) in [6, 6.07) is 6.59. The van der Waals surface area contributed by atoms with E-state index in [0.29, 0.717) is 21.5 Å². The van der Waals surface area contributed by atoms with Crippen LogP contribution in [0.15, 0.2) is 34.4 Å². The molecule has 1 atom stereocenters. The van der Waals surface area contributed by atoms with Crippen molar-refractivity contribution in [2.45, 2.75) is 42.0 Å². The van der Waals surface area contributed by atoms with Crippen molar-refractivity contribution in [3.63, 3.8) is 0 Å². The van der Waals surface area contributed by atoms with Crippen LogP contribution >= 0.6 is 23.5 Å². The molecule has 1 N–H and O–H groups in total. The van der Waals surface area contributed by atoms with Crippen LogP contribution in [0, 0.1) is 19.7 Å². The molecule has 0 bridgehead atoms. The van der Waals surface area contributed by atoms with Crippen LogP contribution in [0.2, 0.25) is 0 Å². The van der Waals surface area contributed by atoms with Crippen molar-refractivity contribution in [1.29, 1.82) is 0 Å².